The van der Waals surface area contributed by atoms with E-state index in [0.29, 0.717) is 23.6 Å². The van der Waals surface area contributed by atoms with Crippen molar-refractivity contribution in [3.8, 4) is 0 Å². The van der Waals surface area contributed by atoms with Crippen LogP contribution >= 0.6 is 0 Å². The van der Waals surface area contributed by atoms with Crippen molar-refractivity contribution in [2.75, 3.05) is 11.4 Å². The number of aryl methyl sites for hydroxylation is 3. The molecular formula is C24H33N5O2. The van der Waals surface area contributed by atoms with Crippen molar-refractivity contribution in [3.05, 3.63) is 50.2 Å². The molecule has 166 valence electrons. The minimum absolute atomic E-state index is 0.220. The van der Waals surface area contributed by atoms with Crippen LogP contribution < -0.4 is 16.1 Å². The third kappa shape index (κ3) is 3.70. The normalized spacial score (nSPS) is 16.2. The second-order valence-electron chi connectivity index (χ2n) is 9.04. The van der Waals surface area contributed by atoms with Crippen LogP contribution in [-0.2, 0) is 20.1 Å². The molecule has 0 spiro atoms. The zero-order valence-corrected chi connectivity index (χ0v) is 19.3. The van der Waals surface area contributed by atoms with E-state index in [0.717, 1.165) is 50.4 Å². The quantitative estimate of drug-likeness (QED) is 0.565. The highest BCUT2D eigenvalue weighted by atomic mass is 16.2. The number of rotatable bonds is 6. The molecule has 0 fully saturated rings. The first-order valence-electron chi connectivity index (χ1n) is 11.4. The van der Waals surface area contributed by atoms with Crippen molar-refractivity contribution in [2.24, 2.45) is 13.0 Å². The molecule has 0 saturated heterocycles. The molecule has 0 radical (unpaired) electrons. The van der Waals surface area contributed by atoms with Gasteiger partial charge in [-0.05, 0) is 49.4 Å². The van der Waals surface area contributed by atoms with E-state index in [1.165, 1.54) is 20.3 Å². The van der Waals surface area contributed by atoms with Gasteiger partial charge in [0, 0.05) is 32.4 Å². The second kappa shape index (κ2) is 8.36. The van der Waals surface area contributed by atoms with Gasteiger partial charge in [-0.25, -0.2) is 4.79 Å². The standard InChI is InChI=1S/C24H33N5O2/c1-6-7-8-9-12-27-22(30)20-21(26(5)24(27)31)25-23-28(14-16(2)15-29(20)23)19-11-10-17(3)18(4)13-19/h10-11,13,16H,6-9,12,14-15H2,1-5H3/t16-/m0/s1. The van der Waals surface area contributed by atoms with Crippen molar-refractivity contribution in [1.82, 2.24) is 18.7 Å². The Kier molecular flexibility index (Phi) is 5.77. The summed E-state index contributed by atoms with van der Waals surface area (Å²) >= 11 is 0. The second-order valence-corrected chi connectivity index (χ2v) is 9.04. The molecule has 2 aromatic heterocycles. The van der Waals surface area contributed by atoms with Crippen LogP contribution in [0.1, 0.15) is 50.7 Å². The predicted octanol–water partition coefficient (Wildman–Crippen LogP) is 3.88. The SMILES string of the molecule is CCCCCCn1c(=O)c2c(nc3n2C[C@@H](C)CN3c2ccc(C)c(C)c2)n(C)c1=O. The van der Waals surface area contributed by atoms with Crippen LogP contribution in [0.4, 0.5) is 11.6 Å². The first-order chi connectivity index (χ1) is 14.8. The van der Waals surface area contributed by atoms with E-state index < -0.39 is 0 Å². The fourth-order valence-electron chi connectivity index (χ4n) is 4.51. The highest BCUT2D eigenvalue weighted by molar-refractivity contribution is 5.77. The molecule has 1 aliphatic heterocycles. The van der Waals surface area contributed by atoms with Gasteiger partial charge in [-0.1, -0.05) is 39.2 Å². The Hall–Kier alpha value is -2.83. The number of imidazole rings is 1. The first kappa shape index (κ1) is 21.4. The topological polar surface area (TPSA) is 65.1 Å². The third-order valence-corrected chi connectivity index (χ3v) is 6.48. The van der Waals surface area contributed by atoms with Crippen LogP contribution in [-0.4, -0.2) is 25.2 Å². The van der Waals surface area contributed by atoms with Crippen LogP contribution in [0.15, 0.2) is 27.8 Å². The molecule has 7 heteroatoms. The highest BCUT2D eigenvalue weighted by Gasteiger charge is 2.29. The molecule has 0 bridgehead atoms. The molecule has 4 rings (SSSR count). The van der Waals surface area contributed by atoms with Gasteiger partial charge in [0.15, 0.2) is 11.2 Å². The van der Waals surface area contributed by atoms with Crippen LogP contribution in [0.3, 0.4) is 0 Å². The molecule has 0 aliphatic carbocycles. The Morgan fingerprint density at radius 3 is 2.55 bits per heavy atom. The fraction of sp³-hybridized carbons (Fsp3) is 0.542. The summed E-state index contributed by atoms with van der Waals surface area (Å²) in [4.78, 5) is 33.3. The van der Waals surface area contributed by atoms with Gasteiger partial charge in [0.2, 0.25) is 5.95 Å². The molecule has 3 aromatic rings. The molecule has 0 amide bonds. The van der Waals surface area contributed by atoms with Crippen molar-refractivity contribution in [2.45, 2.75) is 66.5 Å². The lowest BCUT2D eigenvalue weighted by Gasteiger charge is -2.33. The number of anilines is 2. The fourth-order valence-corrected chi connectivity index (χ4v) is 4.51. The number of benzene rings is 1. The lowest BCUT2D eigenvalue weighted by atomic mass is 10.1. The molecule has 0 N–H and O–H groups in total. The molecule has 7 nitrogen and oxygen atoms in total. The first-order valence-corrected chi connectivity index (χ1v) is 11.4. The van der Waals surface area contributed by atoms with Gasteiger partial charge in [0.05, 0.1) is 0 Å². The largest absolute Gasteiger partial charge is 0.332 e. The summed E-state index contributed by atoms with van der Waals surface area (Å²) in [6, 6.07) is 6.40. The van der Waals surface area contributed by atoms with Gasteiger partial charge in [-0.3, -0.25) is 13.9 Å². The summed E-state index contributed by atoms with van der Waals surface area (Å²) in [6.45, 7) is 10.5. The number of unbranched alkanes of at least 4 members (excludes halogenated alkanes) is 3. The predicted molar refractivity (Wildman–Crippen MR) is 125 cm³/mol. The van der Waals surface area contributed by atoms with E-state index in [-0.39, 0.29) is 11.2 Å². The Morgan fingerprint density at radius 1 is 1.06 bits per heavy atom. The highest BCUT2D eigenvalue weighted by Crippen LogP contribution is 2.33. The molecular weight excluding hydrogens is 390 g/mol. The summed E-state index contributed by atoms with van der Waals surface area (Å²) in [5, 5.41) is 0. The Bertz CT molecular complexity index is 1230. The molecule has 1 atom stereocenters. The van der Waals surface area contributed by atoms with Crippen molar-refractivity contribution in [1.29, 1.82) is 0 Å². The van der Waals surface area contributed by atoms with Gasteiger partial charge in [0.25, 0.3) is 5.56 Å². The van der Waals surface area contributed by atoms with E-state index in [2.05, 4.69) is 50.8 Å². The molecule has 0 unspecified atom stereocenters. The number of nitrogens with zero attached hydrogens (tertiary/aromatic N) is 5. The Balaban J connectivity index is 1.87. The molecule has 1 aromatic carbocycles. The smallest absolute Gasteiger partial charge is 0.312 e. The zero-order valence-electron chi connectivity index (χ0n) is 19.3. The van der Waals surface area contributed by atoms with E-state index >= 15 is 0 Å². The molecule has 0 saturated carbocycles. The number of fused-ring (bicyclic) bond motifs is 3. The van der Waals surface area contributed by atoms with Gasteiger partial charge in [0.1, 0.15) is 0 Å². The number of hydrogen-bond acceptors (Lipinski definition) is 4. The average molecular weight is 424 g/mol. The van der Waals surface area contributed by atoms with E-state index in [1.54, 1.807) is 7.05 Å². The Morgan fingerprint density at radius 2 is 1.84 bits per heavy atom. The van der Waals surface area contributed by atoms with Gasteiger partial charge < -0.3 is 9.47 Å². The van der Waals surface area contributed by atoms with Crippen LogP contribution in [0.25, 0.3) is 11.2 Å². The lowest BCUT2D eigenvalue weighted by Crippen LogP contribution is -2.40. The minimum Gasteiger partial charge on any atom is -0.312 e. The monoisotopic (exact) mass is 423 g/mol. The Labute approximate surface area is 182 Å². The molecule has 3 heterocycles. The number of aromatic nitrogens is 4. The summed E-state index contributed by atoms with van der Waals surface area (Å²) in [7, 11) is 1.72. The summed E-state index contributed by atoms with van der Waals surface area (Å²) < 4.78 is 4.95. The maximum atomic E-state index is 13.4. The van der Waals surface area contributed by atoms with E-state index in [1.807, 2.05) is 4.57 Å². The zero-order chi connectivity index (χ0) is 22.3. The maximum Gasteiger partial charge on any atom is 0.332 e. The van der Waals surface area contributed by atoms with Gasteiger partial charge in [-0.15, -0.1) is 0 Å². The van der Waals surface area contributed by atoms with E-state index in [4.69, 9.17) is 4.98 Å². The van der Waals surface area contributed by atoms with Crippen molar-refractivity contribution in [3.63, 3.8) is 0 Å². The maximum absolute atomic E-state index is 13.4. The van der Waals surface area contributed by atoms with E-state index in [9.17, 15) is 9.59 Å². The van der Waals surface area contributed by atoms with Gasteiger partial charge >= 0.3 is 5.69 Å². The summed E-state index contributed by atoms with van der Waals surface area (Å²) in [5.41, 5.74) is 4.04. The van der Waals surface area contributed by atoms with Crippen LogP contribution in [0.2, 0.25) is 0 Å². The van der Waals surface area contributed by atoms with Crippen LogP contribution in [0.5, 0.6) is 0 Å². The summed E-state index contributed by atoms with van der Waals surface area (Å²) in [6.07, 6.45) is 4.09. The average Bonchev–Trinajstić information content (AvgIpc) is 3.12. The lowest BCUT2D eigenvalue weighted by molar-refractivity contribution is 0.457. The third-order valence-electron chi connectivity index (χ3n) is 6.48. The van der Waals surface area contributed by atoms with Crippen molar-refractivity contribution < 1.29 is 0 Å². The number of hydrogen-bond donors (Lipinski definition) is 0. The molecule has 31 heavy (non-hydrogen) atoms. The minimum atomic E-state index is -0.282. The van der Waals surface area contributed by atoms with Gasteiger partial charge in [-0.2, -0.15) is 4.98 Å². The van der Waals surface area contributed by atoms with Crippen LogP contribution in [0, 0.1) is 19.8 Å². The molecule has 1 aliphatic rings. The summed E-state index contributed by atoms with van der Waals surface area (Å²) in [5.74, 6) is 1.09. The van der Waals surface area contributed by atoms with Crippen molar-refractivity contribution >= 4 is 22.8 Å².